The lowest BCUT2D eigenvalue weighted by molar-refractivity contribution is 0.835. The van der Waals surface area contributed by atoms with Crippen molar-refractivity contribution in [3.63, 3.8) is 0 Å². The molecule has 0 N–H and O–H groups in total. The summed E-state index contributed by atoms with van der Waals surface area (Å²) in [6.07, 6.45) is 2.04. The lowest BCUT2D eigenvalue weighted by atomic mass is 9.93. The van der Waals surface area contributed by atoms with Gasteiger partial charge in [-0.05, 0) is 40.0 Å². The summed E-state index contributed by atoms with van der Waals surface area (Å²) >= 11 is 0. The molecule has 0 aliphatic rings. The fraction of sp³-hybridized carbons (Fsp3) is 0.409. The van der Waals surface area contributed by atoms with Gasteiger partial charge in [-0.25, -0.2) is 0 Å². The highest BCUT2D eigenvalue weighted by Crippen LogP contribution is 2.34. The molecule has 0 amide bonds. The van der Waals surface area contributed by atoms with Gasteiger partial charge in [0.2, 0.25) is 0 Å². The van der Waals surface area contributed by atoms with Crippen LogP contribution in [0.2, 0.25) is 0 Å². The van der Waals surface area contributed by atoms with Crippen LogP contribution in [0.15, 0.2) is 47.5 Å². The normalized spacial score (nSPS) is 12.0. The number of para-hydroxylation sites is 1. The third-order valence-corrected chi connectivity index (χ3v) is 4.29. The molecule has 0 aromatic heterocycles. The predicted molar refractivity (Wildman–Crippen MR) is 102 cm³/mol. The lowest BCUT2D eigenvalue weighted by Gasteiger charge is -2.16. The van der Waals surface area contributed by atoms with Crippen LogP contribution in [0.3, 0.4) is 0 Å². The van der Waals surface area contributed by atoms with E-state index in [0.717, 1.165) is 5.69 Å². The first kappa shape index (κ1) is 17.5. The largest absolute Gasteiger partial charge is 0.256 e. The SMILES string of the molecule is CC(C)c1ccccc1C=Nc1c(C(C)C)cccc1C(C)C. The van der Waals surface area contributed by atoms with Crippen LogP contribution in [0, 0.1) is 0 Å². The fourth-order valence-corrected chi connectivity index (χ4v) is 2.95. The zero-order valence-electron chi connectivity index (χ0n) is 15.3. The van der Waals surface area contributed by atoms with E-state index in [2.05, 4.69) is 84.0 Å². The van der Waals surface area contributed by atoms with Gasteiger partial charge in [0.15, 0.2) is 0 Å². The quantitative estimate of drug-likeness (QED) is 0.538. The molecule has 0 saturated heterocycles. The molecule has 0 aliphatic heterocycles. The molecule has 0 spiro atoms. The molecule has 122 valence electrons. The second-order valence-corrected chi connectivity index (χ2v) is 7.14. The first-order chi connectivity index (χ1) is 10.9. The molecule has 0 saturated carbocycles. The average molecular weight is 307 g/mol. The molecule has 1 nitrogen and oxygen atoms in total. The molecule has 0 fully saturated rings. The first-order valence-corrected chi connectivity index (χ1v) is 8.67. The minimum absolute atomic E-state index is 0.473. The Labute approximate surface area is 141 Å². The second-order valence-electron chi connectivity index (χ2n) is 7.14. The van der Waals surface area contributed by atoms with E-state index in [-0.39, 0.29) is 0 Å². The Kier molecular flexibility index (Phi) is 5.76. The van der Waals surface area contributed by atoms with Crippen LogP contribution >= 0.6 is 0 Å². The topological polar surface area (TPSA) is 12.4 Å². The van der Waals surface area contributed by atoms with E-state index >= 15 is 0 Å². The Bertz CT molecular complexity index is 652. The highest BCUT2D eigenvalue weighted by Gasteiger charge is 2.13. The molecule has 2 rings (SSSR count). The van der Waals surface area contributed by atoms with Gasteiger partial charge in [0.1, 0.15) is 0 Å². The molecule has 0 heterocycles. The van der Waals surface area contributed by atoms with Crippen molar-refractivity contribution in [1.29, 1.82) is 0 Å². The molecule has 0 radical (unpaired) electrons. The van der Waals surface area contributed by atoms with Gasteiger partial charge in [-0.15, -0.1) is 0 Å². The van der Waals surface area contributed by atoms with E-state index in [0.29, 0.717) is 17.8 Å². The van der Waals surface area contributed by atoms with E-state index in [1.807, 2.05) is 6.21 Å². The number of aliphatic imine (C=N–C) groups is 1. The molecule has 0 atom stereocenters. The van der Waals surface area contributed by atoms with Crippen LogP contribution in [0.25, 0.3) is 0 Å². The van der Waals surface area contributed by atoms with Gasteiger partial charge in [-0.1, -0.05) is 84.0 Å². The first-order valence-electron chi connectivity index (χ1n) is 8.67. The van der Waals surface area contributed by atoms with Gasteiger partial charge in [0.25, 0.3) is 0 Å². The van der Waals surface area contributed by atoms with Gasteiger partial charge in [-0.3, -0.25) is 4.99 Å². The van der Waals surface area contributed by atoms with Crippen LogP contribution in [0.4, 0.5) is 5.69 Å². The zero-order valence-corrected chi connectivity index (χ0v) is 15.3. The summed E-state index contributed by atoms with van der Waals surface area (Å²) in [6, 6.07) is 15.1. The van der Waals surface area contributed by atoms with Crippen molar-refractivity contribution >= 4 is 11.9 Å². The summed E-state index contributed by atoms with van der Waals surface area (Å²) in [5.74, 6) is 1.45. The molecule has 1 heteroatoms. The van der Waals surface area contributed by atoms with Gasteiger partial charge < -0.3 is 0 Å². The van der Waals surface area contributed by atoms with Crippen molar-refractivity contribution < 1.29 is 0 Å². The van der Waals surface area contributed by atoms with Crippen LogP contribution < -0.4 is 0 Å². The van der Waals surface area contributed by atoms with Gasteiger partial charge in [-0.2, -0.15) is 0 Å². The van der Waals surface area contributed by atoms with Crippen molar-refractivity contribution in [1.82, 2.24) is 0 Å². The van der Waals surface area contributed by atoms with E-state index < -0.39 is 0 Å². The number of hydrogen-bond donors (Lipinski definition) is 0. The zero-order chi connectivity index (χ0) is 17.0. The maximum absolute atomic E-state index is 4.94. The summed E-state index contributed by atoms with van der Waals surface area (Å²) in [6.45, 7) is 13.4. The Morgan fingerprint density at radius 1 is 0.652 bits per heavy atom. The fourth-order valence-electron chi connectivity index (χ4n) is 2.95. The van der Waals surface area contributed by atoms with Gasteiger partial charge >= 0.3 is 0 Å². The van der Waals surface area contributed by atoms with E-state index in [1.54, 1.807) is 0 Å². The molecule has 2 aromatic rings. The standard InChI is InChI=1S/C22H29N/c1-15(2)19-11-8-7-10-18(19)14-23-22-20(16(3)4)12-9-13-21(22)17(5)6/h7-17H,1-6H3. The van der Waals surface area contributed by atoms with Crippen LogP contribution in [0.1, 0.15) is 81.5 Å². The smallest absolute Gasteiger partial charge is 0.0699 e. The molecule has 2 aromatic carbocycles. The molecule has 0 aliphatic carbocycles. The Balaban J connectivity index is 2.51. The van der Waals surface area contributed by atoms with Crippen molar-refractivity contribution in [3.05, 3.63) is 64.7 Å². The van der Waals surface area contributed by atoms with E-state index in [4.69, 9.17) is 4.99 Å². The summed E-state index contributed by atoms with van der Waals surface area (Å²) in [4.78, 5) is 4.94. The number of benzene rings is 2. The summed E-state index contributed by atoms with van der Waals surface area (Å²) < 4.78 is 0. The lowest BCUT2D eigenvalue weighted by Crippen LogP contribution is -1.97. The van der Waals surface area contributed by atoms with Crippen molar-refractivity contribution in [2.45, 2.75) is 59.3 Å². The summed E-state index contributed by atoms with van der Waals surface area (Å²) in [5, 5.41) is 0. The van der Waals surface area contributed by atoms with Gasteiger partial charge in [0, 0.05) is 6.21 Å². The maximum atomic E-state index is 4.94. The Hall–Kier alpha value is -1.89. The predicted octanol–water partition coefficient (Wildman–Crippen LogP) is 6.81. The number of nitrogens with zero attached hydrogens (tertiary/aromatic N) is 1. The van der Waals surface area contributed by atoms with Crippen LogP contribution in [0.5, 0.6) is 0 Å². The summed E-state index contributed by atoms with van der Waals surface area (Å²) in [5.41, 5.74) is 6.38. The molecular weight excluding hydrogens is 278 g/mol. The molecular formula is C22H29N. The third-order valence-electron chi connectivity index (χ3n) is 4.29. The molecule has 23 heavy (non-hydrogen) atoms. The highest BCUT2D eigenvalue weighted by molar-refractivity contribution is 5.85. The maximum Gasteiger partial charge on any atom is 0.0699 e. The van der Waals surface area contributed by atoms with Gasteiger partial charge in [0.05, 0.1) is 5.69 Å². The van der Waals surface area contributed by atoms with Crippen LogP contribution in [-0.2, 0) is 0 Å². The molecule has 0 bridgehead atoms. The number of rotatable bonds is 5. The van der Waals surface area contributed by atoms with E-state index in [9.17, 15) is 0 Å². The third kappa shape index (κ3) is 4.10. The minimum Gasteiger partial charge on any atom is -0.256 e. The van der Waals surface area contributed by atoms with Crippen molar-refractivity contribution in [2.75, 3.05) is 0 Å². The van der Waals surface area contributed by atoms with Crippen molar-refractivity contribution in [3.8, 4) is 0 Å². The monoisotopic (exact) mass is 307 g/mol. The number of hydrogen-bond acceptors (Lipinski definition) is 1. The second kappa shape index (κ2) is 7.59. The Morgan fingerprint density at radius 3 is 1.65 bits per heavy atom. The Morgan fingerprint density at radius 2 is 1.13 bits per heavy atom. The highest BCUT2D eigenvalue weighted by atomic mass is 14.7. The summed E-state index contributed by atoms with van der Waals surface area (Å²) in [7, 11) is 0. The van der Waals surface area contributed by atoms with E-state index in [1.165, 1.54) is 22.3 Å². The minimum atomic E-state index is 0.473. The molecule has 0 unspecified atom stereocenters. The van der Waals surface area contributed by atoms with Crippen LogP contribution in [-0.4, -0.2) is 6.21 Å². The van der Waals surface area contributed by atoms with Crippen molar-refractivity contribution in [2.24, 2.45) is 4.99 Å². The average Bonchev–Trinajstić information content (AvgIpc) is 2.52.